The molecule has 0 spiro atoms. The van der Waals surface area contributed by atoms with Gasteiger partial charge in [-0.25, -0.2) is 0 Å². The summed E-state index contributed by atoms with van der Waals surface area (Å²) in [5.74, 6) is 2.43. The first-order valence-electron chi connectivity index (χ1n) is 5.44. The van der Waals surface area contributed by atoms with E-state index in [-0.39, 0.29) is 14.6 Å². The fourth-order valence-electron chi connectivity index (χ4n) is 1.49. The molecule has 1 N–H and O–H groups in total. The molecule has 1 aliphatic heterocycles. The molecule has 0 unspecified atom stereocenters. The zero-order valence-electron chi connectivity index (χ0n) is 9.27. The number of fused-ring (bicyclic) bond motifs is 1. The van der Waals surface area contributed by atoms with Gasteiger partial charge >= 0.3 is 106 Å². The van der Waals surface area contributed by atoms with Crippen molar-refractivity contribution in [2.24, 2.45) is 7.92 Å². The van der Waals surface area contributed by atoms with Crippen LogP contribution in [0.2, 0.25) is 0 Å². The van der Waals surface area contributed by atoms with Gasteiger partial charge < -0.3 is 0 Å². The van der Waals surface area contributed by atoms with Crippen LogP contribution in [0.25, 0.3) is 0 Å². The third-order valence-electron chi connectivity index (χ3n) is 2.27. The van der Waals surface area contributed by atoms with Crippen LogP contribution in [-0.2, 0) is 0 Å². The van der Waals surface area contributed by atoms with Crippen molar-refractivity contribution in [3.8, 4) is 0 Å². The molecule has 1 aromatic rings. The van der Waals surface area contributed by atoms with E-state index in [1.54, 1.807) is 0 Å². The Kier molecular flexibility index (Phi) is 4.69. The molecule has 1 heterocycles. The molecule has 2 rings (SSSR count). The van der Waals surface area contributed by atoms with Crippen molar-refractivity contribution in [3.63, 3.8) is 0 Å². The van der Waals surface area contributed by atoms with Gasteiger partial charge in [0.05, 0.1) is 0 Å². The van der Waals surface area contributed by atoms with Crippen LogP contribution >= 0.6 is 11.8 Å². The van der Waals surface area contributed by atoms with E-state index in [0.29, 0.717) is 0 Å². The van der Waals surface area contributed by atoms with Gasteiger partial charge in [0, 0.05) is 0 Å². The number of nitrogens with zero attached hydrogens (tertiary/aromatic N) is 2. The Labute approximate surface area is 106 Å². The number of hydrogen-bond donors (Lipinski definition) is 1. The SMILES string of the molecule is CCSCCCNc1cccc2c1N=[Se]=N2. The van der Waals surface area contributed by atoms with Crippen molar-refractivity contribution in [2.75, 3.05) is 23.4 Å². The zero-order valence-corrected chi connectivity index (χ0v) is 11.8. The Balaban J connectivity index is 1.86. The van der Waals surface area contributed by atoms with E-state index in [0.717, 1.165) is 23.6 Å². The van der Waals surface area contributed by atoms with E-state index in [9.17, 15) is 0 Å². The Morgan fingerprint density at radius 2 is 2.31 bits per heavy atom. The molecule has 3 nitrogen and oxygen atoms in total. The van der Waals surface area contributed by atoms with Gasteiger partial charge in [0.25, 0.3) is 0 Å². The molecule has 0 saturated carbocycles. The van der Waals surface area contributed by atoms with E-state index >= 15 is 0 Å². The summed E-state index contributed by atoms with van der Waals surface area (Å²) >= 11 is 2.06. The van der Waals surface area contributed by atoms with Gasteiger partial charge in [-0.3, -0.25) is 0 Å². The van der Waals surface area contributed by atoms with E-state index in [1.807, 2.05) is 23.9 Å². The average Bonchev–Trinajstić information content (AvgIpc) is 2.77. The molecule has 0 amide bonds. The van der Waals surface area contributed by atoms with Crippen molar-refractivity contribution in [3.05, 3.63) is 18.2 Å². The third-order valence-corrected chi connectivity index (χ3v) is 4.39. The summed E-state index contributed by atoms with van der Waals surface area (Å²) in [5.41, 5.74) is 3.25. The molecule has 0 atom stereocenters. The van der Waals surface area contributed by atoms with Crippen molar-refractivity contribution in [1.82, 2.24) is 0 Å². The van der Waals surface area contributed by atoms with Crippen molar-refractivity contribution < 1.29 is 0 Å². The minimum atomic E-state index is 0.0676. The minimum absolute atomic E-state index is 0.0676. The standard InChI is InChI=1S/C11H15N3SSe/c1-2-15-8-4-7-12-9-5-3-6-10-11(9)14-16-13-10/h3,5-6,12H,2,4,7-8H2,1H3. The number of nitrogens with one attached hydrogen (secondary N) is 1. The molecule has 0 bridgehead atoms. The molecular formula is C11H15N3SSe. The van der Waals surface area contributed by atoms with E-state index < -0.39 is 0 Å². The first kappa shape index (κ1) is 12.0. The maximum atomic E-state index is 4.44. The first-order valence-corrected chi connectivity index (χ1v) is 8.13. The fourth-order valence-corrected chi connectivity index (χ4v) is 3.28. The Morgan fingerprint density at radius 1 is 1.38 bits per heavy atom. The van der Waals surface area contributed by atoms with Crippen LogP contribution in [-0.4, -0.2) is 32.6 Å². The second-order valence-electron chi connectivity index (χ2n) is 3.41. The fraction of sp³-hybridized carbons (Fsp3) is 0.455. The summed E-state index contributed by atoms with van der Waals surface area (Å²) in [5, 5.41) is 3.45. The predicted octanol–water partition coefficient (Wildman–Crippen LogP) is 3.59. The molecule has 86 valence electrons. The van der Waals surface area contributed by atoms with Crippen molar-refractivity contribution in [1.29, 1.82) is 0 Å². The summed E-state index contributed by atoms with van der Waals surface area (Å²) in [6.07, 6.45) is 1.20. The summed E-state index contributed by atoms with van der Waals surface area (Å²) in [6.45, 7) is 3.22. The normalized spacial score (nSPS) is 12.3. The number of anilines is 1. The molecule has 0 fully saturated rings. The van der Waals surface area contributed by atoms with E-state index in [2.05, 4.69) is 26.2 Å². The van der Waals surface area contributed by atoms with Gasteiger partial charge in [-0.05, 0) is 0 Å². The van der Waals surface area contributed by atoms with Crippen LogP contribution in [0, 0.1) is 0 Å². The number of rotatable bonds is 6. The number of benzene rings is 1. The number of thioether (sulfide) groups is 1. The predicted molar refractivity (Wildman–Crippen MR) is 72.5 cm³/mol. The van der Waals surface area contributed by atoms with Crippen LogP contribution in [0.3, 0.4) is 0 Å². The summed E-state index contributed by atoms with van der Waals surface area (Å²) in [7, 11) is 0. The molecular weight excluding hydrogens is 285 g/mol. The topological polar surface area (TPSA) is 36.8 Å². The molecule has 16 heavy (non-hydrogen) atoms. The van der Waals surface area contributed by atoms with Crippen molar-refractivity contribution in [2.45, 2.75) is 13.3 Å². The summed E-state index contributed by atoms with van der Waals surface area (Å²) < 4.78 is 8.81. The van der Waals surface area contributed by atoms with Gasteiger partial charge in [-0.1, -0.05) is 0 Å². The van der Waals surface area contributed by atoms with Crippen LogP contribution in [0.15, 0.2) is 26.1 Å². The first-order chi connectivity index (χ1) is 7.92. The van der Waals surface area contributed by atoms with Gasteiger partial charge in [0.1, 0.15) is 0 Å². The Hall–Kier alpha value is -0.511. The molecule has 0 aromatic heterocycles. The Morgan fingerprint density at radius 3 is 3.19 bits per heavy atom. The van der Waals surface area contributed by atoms with E-state index in [4.69, 9.17) is 0 Å². The molecule has 5 heteroatoms. The van der Waals surface area contributed by atoms with Crippen LogP contribution < -0.4 is 5.32 Å². The molecule has 0 aliphatic carbocycles. The van der Waals surface area contributed by atoms with Crippen LogP contribution in [0.5, 0.6) is 0 Å². The summed E-state index contributed by atoms with van der Waals surface area (Å²) in [6, 6.07) is 6.17. The average molecular weight is 300 g/mol. The van der Waals surface area contributed by atoms with Crippen LogP contribution in [0.4, 0.5) is 17.1 Å². The number of hydrogen-bond acceptors (Lipinski definition) is 4. The van der Waals surface area contributed by atoms with E-state index in [1.165, 1.54) is 17.9 Å². The van der Waals surface area contributed by atoms with Gasteiger partial charge in [0.2, 0.25) is 0 Å². The Bertz CT molecular complexity index is 427. The van der Waals surface area contributed by atoms with Gasteiger partial charge in [0.15, 0.2) is 0 Å². The monoisotopic (exact) mass is 301 g/mol. The molecule has 1 aromatic carbocycles. The second kappa shape index (κ2) is 6.28. The summed E-state index contributed by atoms with van der Waals surface area (Å²) in [4.78, 5) is 0. The van der Waals surface area contributed by atoms with Gasteiger partial charge in [-0.2, -0.15) is 0 Å². The molecule has 0 radical (unpaired) electrons. The third kappa shape index (κ3) is 3.00. The van der Waals surface area contributed by atoms with Crippen LogP contribution in [0.1, 0.15) is 13.3 Å². The maximum absolute atomic E-state index is 4.44. The van der Waals surface area contributed by atoms with Gasteiger partial charge in [-0.15, -0.1) is 0 Å². The zero-order chi connectivity index (χ0) is 11.2. The quantitative estimate of drug-likeness (QED) is 0.654. The molecule has 0 saturated heterocycles. The van der Waals surface area contributed by atoms with Crippen molar-refractivity contribution >= 4 is 43.4 Å². The second-order valence-corrected chi connectivity index (χ2v) is 5.92. The molecule has 1 aliphatic rings.